The lowest BCUT2D eigenvalue weighted by atomic mass is 9.96. The zero-order valence-corrected chi connectivity index (χ0v) is 11.2. The van der Waals surface area contributed by atoms with Gasteiger partial charge >= 0.3 is 5.97 Å². The number of carboxylic acids is 1. The summed E-state index contributed by atoms with van der Waals surface area (Å²) in [6.07, 6.45) is 2.47. The first kappa shape index (κ1) is 13.9. The van der Waals surface area contributed by atoms with Crippen molar-refractivity contribution in [2.24, 2.45) is 11.8 Å². The van der Waals surface area contributed by atoms with E-state index in [1.807, 2.05) is 0 Å². The highest BCUT2D eigenvalue weighted by Gasteiger charge is 2.32. The SMILES string of the molecule is O=C(NCC1CCCC1C(=O)O)c1cccc(Cl)c1. The third-order valence-corrected chi connectivity index (χ3v) is 3.82. The highest BCUT2D eigenvalue weighted by atomic mass is 35.5. The summed E-state index contributed by atoms with van der Waals surface area (Å²) in [5.41, 5.74) is 0.498. The van der Waals surface area contributed by atoms with Crippen molar-refractivity contribution in [3.05, 3.63) is 34.9 Å². The summed E-state index contributed by atoms with van der Waals surface area (Å²) in [6.45, 7) is 0.405. The molecule has 2 unspecified atom stereocenters. The van der Waals surface area contributed by atoms with Gasteiger partial charge in [-0.3, -0.25) is 9.59 Å². The lowest BCUT2D eigenvalue weighted by molar-refractivity contribution is -0.142. The number of nitrogens with one attached hydrogen (secondary N) is 1. The van der Waals surface area contributed by atoms with E-state index in [4.69, 9.17) is 16.7 Å². The Morgan fingerprint density at radius 1 is 1.37 bits per heavy atom. The minimum atomic E-state index is -0.764. The van der Waals surface area contributed by atoms with Crippen LogP contribution < -0.4 is 5.32 Å². The number of hydrogen-bond donors (Lipinski definition) is 2. The molecule has 1 aromatic carbocycles. The van der Waals surface area contributed by atoms with Crippen LogP contribution in [0.15, 0.2) is 24.3 Å². The molecular weight excluding hydrogens is 266 g/mol. The van der Waals surface area contributed by atoms with Crippen molar-refractivity contribution >= 4 is 23.5 Å². The van der Waals surface area contributed by atoms with E-state index in [1.165, 1.54) is 0 Å². The first-order valence-electron chi connectivity index (χ1n) is 6.34. The molecule has 102 valence electrons. The Hall–Kier alpha value is -1.55. The van der Waals surface area contributed by atoms with Crippen LogP contribution in [0.2, 0.25) is 5.02 Å². The van der Waals surface area contributed by atoms with Crippen LogP contribution in [0, 0.1) is 11.8 Å². The summed E-state index contributed by atoms with van der Waals surface area (Å²) in [5, 5.41) is 12.4. The van der Waals surface area contributed by atoms with Gasteiger partial charge in [-0.2, -0.15) is 0 Å². The first-order chi connectivity index (χ1) is 9.08. The molecule has 4 nitrogen and oxygen atoms in total. The minimum Gasteiger partial charge on any atom is -0.481 e. The molecule has 0 saturated heterocycles. The molecule has 1 saturated carbocycles. The van der Waals surface area contributed by atoms with E-state index < -0.39 is 5.97 Å². The molecule has 0 spiro atoms. The Balaban J connectivity index is 1.92. The van der Waals surface area contributed by atoms with Crippen LogP contribution in [0.3, 0.4) is 0 Å². The first-order valence-corrected chi connectivity index (χ1v) is 6.72. The Labute approximate surface area is 116 Å². The summed E-state index contributed by atoms with van der Waals surface area (Å²) < 4.78 is 0. The van der Waals surface area contributed by atoms with E-state index in [1.54, 1.807) is 24.3 Å². The Kier molecular flexibility index (Phi) is 4.43. The molecule has 1 aliphatic rings. The summed E-state index contributed by atoms with van der Waals surface area (Å²) in [5.74, 6) is -1.28. The smallest absolute Gasteiger partial charge is 0.306 e. The van der Waals surface area contributed by atoms with Crippen molar-refractivity contribution < 1.29 is 14.7 Å². The van der Waals surface area contributed by atoms with Gasteiger partial charge in [0.2, 0.25) is 0 Å². The number of hydrogen-bond acceptors (Lipinski definition) is 2. The maximum atomic E-state index is 11.9. The maximum absolute atomic E-state index is 11.9. The highest BCUT2D eigenvalue weighted by Crippen LogP contribution is 2.31. The third kappa shape index (κ3) is 3.47. The lowest BCUT2D eigenvalue weighted by Gasteiger charge is -2.16. The van der Waals surface area contributed by atoms with Gasteiger partial charge in [-0.15, -0.1) is 0 Å². The molecule has 2 atom stereocenters. The van der Waals surface area contributed by atoms with Gasteiger partial charge in [0.05, 0.1) is 5.92 Å². The molecule has 1 aromatic rings. The molecule has 5 heteroatoms. The Bertz CT molecular complexity index is 489. The number of amides is 1. The van der Waals surface area contributed by atoms with Crippen LogP contribution in [0.4, 0.5) is 0 Å². The van der Waals surface area contributed by atoms with Gasteiger partial charge in [-0.25, -0.2) is 0 Å². The molecule has 0 bridgehead atoms. The molecule has 0 aromatic heterocycles. The number of carboxylic acid groups (broad SMARTS) is 1. The van der Waals surface area contributed by atoms with Gasteiger partial charge in [0.25, 0.3) is 5.91 Å². The standard InChI is InChI=1S/C14H16ClNO3/c15-11-5-1-3-9(7-11)13(17)16-8-10-4-2-6-12(10)14(18)19/h1,3,5,7,10,12H,2,4,6,8H2,(H,16,17)(H,18,19). The second-order valence-corrected chi connectivity index (χ2v) is 5.29. The van der Waals surface area contributed by atoms with Gasteiger partial charge < -0.3 is 10.4 Å². The predicted octanol–water partition coefficient (Wildman–Crippen LogP) is 2.57. The third-order valence-electron chi connectivity index (χ3n) is 3.59. The van der Waals surface area contributed by atoms with Crippen LogP contribution in [0.25, 0.3) is 0 Å². The fourth-order valence-electron chi connectivity index (χ4n) is 2.56. The van der Waals surface area contributed by atoms with E-state index in [2.05, 4.69) is 5.32 Å². The number of carbonyl (C=O) groups excluding carboxylic acids is 1. The van der Waals surface area contributed by atoms with Crippen LogP contribution in [-0.4, -0.2) is 23.5 Å². The van der Waals surface area contributed by atoms with E-state index >= 15 is 0 Å². The van der Waals surface area contributed by atoms with Gasteiger partial charge in [0, 0.05) is 17.1 Å². The monoisotopic (exact) mass is 281 g/mol. The summed E-state index contributed by atoms with van der Waals surface area (Å²) in [6, 6.07) is 6.70. The van der Waals surface area contributed by atoms with Crippen LogP contribution >= 0.6 is 11.6 Å². The topological polar surface area (TPSA) is 66.4 Å². The van der Waals surface area contributed by atoms with Crippen LogP contribution in [0.5, 0.6) is 0 Å². The fraction of sp³-hybridized carbons (Fsp3) is 0.429. The molecule has 2 rings (SSSR count). The lowest BCUT2D eigenvalue weighted by Crippen LogP contribution is -2.33. The highest BCUT2D eigenvalue weighted by molar-refractivity contribution is 6.30. The molecular formula is C14H16ClNO3. The number of halogens is 1. The summed E-state index contributed by atoms with van der Waals surface area (Å²) >= 11 is 5.82. The summed E-state index contributed by atoms with van der Waals surface area (Å²) in [4.78, 5) is 23.0. The number of aliphatic carboxylic acids is 1. The van der Waals surface area contributed by atoms with Crippen molar-refractivity contribution in [2.45, 2.75) is 19.3 Å². The van der Waals surface area contributed by atoms with Crippen molar-refractivity contribution in [1.29, 1.82) is 0 Å². The molecule has 0 radical (unpaired) electrons. The molecule has 1 aliphatic carbocycles. The van der Waals surface area contributed by atoms with Gasteiger partial charge in [-0.05, 0) is 37.0 Å². The second-order valence-electron chi connectivity index (χ2n) is 4.86. The molecule has 1 fully saturated rings. The quantitative estimate of drug-likeness (QED) is 0.891. The normalized spacial score (nSPS) is 22.2. The molecule has 0 heterocycles. The van der Waals surface area contributed by atoms with Crippen molar-refractivity contribution in [2.75, 3.05) is 6.54 Å². The molecule has 0 aliphatic heterocycles. The maximum Gasteiger partial charge on any atom is 0.306 e. The number of rotatable bonds is 4. The average molecular weight is 282 g/mol. The van der Waals surface area contributed by atoms with Gasteiger partial charge in [0.15, 0.2) is 0 Å². The largest absolute Gasteiger partial charge is 0.481 e. The van der Waals surface area contributed by atoms with Gasteiger partial charge in [0.1, 0.15) is 0 Å². The number of carbonyl (C=O) groups is 2. The van der Waals surface area contributed by atoms with E-state index in [-0.39, 0.29) is 17.7 Å². The average Bonchev–Trinajstić information content (AvgIpc) is 2.84. The Morgan fingerprint density at radius 3 is 2.84 bits per heavy atom. The molecule has 19 heavy (non-hydrogen) atoms. The minimum absolute atomic E-state index is 0.0284. The summed E-state index contributed by atoms with van der Waals surface area (Å²) in [7, 11) is 0. The van der Waals surface area contributed by atoms with Gasteiger partial charge in [-0.1, -0.05) is 24.1 Å². The zero-order valence-electron chi connectivity index (χ0n) is 10.4. The second kappa shape index (κ2) is 6.06. The van der Waals surface area contributed by atoms with Crippen LogP contribution in [0.1, 0.15) is 29.6 Å². The molecule has 1 amide bonds. The number of benzene rings is 1. The van der Waals surface area contributed by atoms with E-state index in [9.17, 15) is 9.59 Å². The van der Waals surface area contributed by atoms with Crippen LogP contribution in [-0.2, 0) is 4.79 Å². The van der Waals surface area contributed by atoms with Crippen molar-refractivity contribution in [1.82, 2.24) is 5.32 Å². The van der Waals surface area contributed by atoms with Crippen molar-refractivity contribution in [3.63, 3.8) is 0 Å². The fourth-order valence-corrected chi connectivity index (χ4v) is 2.75. The molecule has 2 N–H and O–H groups in total. The predicted molar refractivity (Wildman–Crippen MR) is 72.3 cm³/mol. The zero-order chi connectivity index (χ0) is 13.8. The Morgan fingerprint density at radius 2 is 2.16 bits per heavy atom. The van der Waals surface area contributed by atoms with E-state index in [0.717, 1.165) is 12.8 Å². The van der Waals surface area contributed by atoms with Crippen molar-refractivity contribution in [3.8, 4) is 0 Å². The van der Waals surface area contributed by atoms with E-state index in [0.29, 0.717) is 23.6 Å².